The van der Waals surface area contributed by atoms with Gasteiger partial charge in [0.25, 0.3) is 0 Å². The molecule has 1 nitrogen and oxygen atoms in total. The molecule has 70 valence electrons. The predicted octanol–water partition coefficient (Wildman–Crippen LogP) is 3.65. The molecule has 0 amide bonds. The Bertz CT molecular complexity index is 439. The second kappa shape index (κ2) is 3.88. The van der Waals surface area contributed by atoms with E-state index in [0.717, 1.165) is 15.6 Å². The SMILES string of the molecule is Fc1ccc(-c2ccncc2Br)cc1. The lowest BCUT2D eigenvalue weighted by molar-refractivity contribution is 0.628. The van der Waals surface area contributed by atoms with Crippen LogP contribution < -0.4 is 0 Å². The maximum atomic E-state index is 12.7. The minimum atomic E-state index is -0.223. The Morgan fingerprint density at radius 2 is 1.79 bits per heavy atom. The fourth-order valence-corrected chi connectivity index (χ4v) is 1.72. The first-order valence-electron chi connectivity index (χ1n) is 4.13. The molecule has 0 atom stereocenters. The summed E-state index contributed by atoms with van der Waals surface area (Å²) in [5.74, 6) is -0.223. The van der Waals surface area contributed by atoms with E-state index in [9.17, 15) is 4.39 Å². The van der Waals surface area contributed by atoms with Crippen LogP contribution in [-0.4, -0.2) is 4.98 Å². The Hall–Kier alpha value is -1.22. The van der Waals surface area contributed by atoms with Crippen molar-refractivity contribution >= 4 is 15.9 Å². The third-order valence-electron chi connectivity index (χ3n) is 1.93. The first-order chi connectivity index (χ1) is 6.77. The molecule has 0 spiro atoms. The van der Waals surface area contributed by atoms with Gasteiger partial charge in [-0.05, 0) is 45.3 Å². The van der Waals surface area contributed by atoms with E-state index in [1.165, 1.54) is 12.1 Å². The summed E-state index contributed by atoms with van der Waals surface area (Å²) < 4.78 is 13.6. The molecular weight excluding hydrogens is 245 g/mol. The van der Waals surface area contributed by atoms with Crippen LogP contribution in [0.5, 0.6) is 0 Å². The minimum absolute atomic E-state index is 0.223. The maximum absolute atomic E-state index is 12.7. The highest BCUT2D eigenvalue weighted by Gasteiger charge is 2.01. The van der Waals surface area contributed by atoms with E-state index in [1.807, 2.05) is 6.07 Å². The summed E-state index contributed by atoms with van der Waals surface area (Å²) in [4.78, 5) is 3.97. The topological polar surface area (TPSA) is 12.9 Å². The van der Waals surface area contributed by atoms with Crippen LogP contribution >= 0.6 is 15.9 Å². The van der Waals surface area contributed by atoms with Gasteiger partial charge in [0.15, 0.2) is 0 Å². The van der Waals surface area contributed by atoms with E-state index in [1.54, 1.807) is 24.5 Å². The summed E-state index contributed by atoms with van der Waals surface area (Å²) >= 11 is 3.40. The predicted molar refractivity (Wildman–Crippen MR) is 57.3 cm³/mol. The second-order valence-electron chi connectivity index (χ2n) is 2.86. The number of halogens is 2. The number of rotatable bonds is 1. The van der Waals surface area contributed by atoms with E-state index in [0.29, 0.717) is 0 Å². The quantitative estimate of drug-likeness (QED) is 0.754. The highest BCUT2D eigenvalue weighted by Crippen LogP contribution is 2.26. The molecule has 0 saturated heterocycles. The Labute approximate surface area is 89.7 Å². The van der Waals surface area contributed by atoms with Crippen molar-refractivity contribution in [3.63, 3.8) is 0 Å². The molecule has 0 aliphatic carbocycles. The van der Waals surface area contributed by atoms with Crippen LogP contribution in [-0.2, 0) is 0 Å². The molecule has 0 N–H and O–H groups in total. The summed E-state index contributed by atoms with van der Waals surface area (Å²) in [5, 5.41) is 0. The molecule has 1 aromatic carbocycles. The number of hydrogen-bond donors (Lipinski definition) is 0. The molecule has 0 unspecified atom stereocenters. The molecule has 3 heteroatoms. The molecule has 1 aromatic heterocycles. The minimum Gasteiger partial charge on any atom is -0.264 e. The van der Waals surface area contributed by atoms with Crippen molar-refractivity contribution in [2.24, 2.45) is 0 Å². The standard InChI is InChI=1S/C11H7BrFN/c12-11-7-14-6-5-10(11)8-1-3-9(13)4-2-8/h1-7H. The number of pyridine rings is 1. The van der Waals surface area contributed by atoms with Gasteiger partial charge in [0, 0.05) is 16.9 Å². The molecular formula is C11H7BrFN. The van der Waals surface area contributed by atoms with Crippen LogP contribution in [0, 0.1) is 5.82 Å². The lowest BCUT2D eigenvalue weighted by Crippen LogP contribution is -1.81. The lowest BCUT2D eigenvalue weighted by atomic mass is 10.1. The monoisotopic (exact) mass is 251 g/mol. The Balaban J connectivity index is 2.50. The van der Waals surface area contributed by atoms with Crippen molar-refractivity contribution in [2.75, 3.05) is 0 Å². The van der Waals surface area contributed by atoms with E-state index in [-0.39, 0.29) is 5.82 Å². The number of benzene rings is 1. The normalized spacial score (nSPS) is 10.1. The van der Waals surface area contributed by atoms with Crippen LogP contribution in [0.15, 0.2) is 47.2 Å². The zero-order valence-electron chi connectivity index (χ0n) is 7.24. The van der Waals surface area contributed by atoms with Crippen molar-refractivity contribution < 1.29 is 4.39 Å². The van der Waals surface area contributed by atoms with Crippen molar-refractivity contribution in [2.45, 2.75) is 0 Å². The van der Waals surface area contributed by atoms with Crippen molar-refractivity contribution in [1.82, 2.24) is 4.98 Å². The molecule has 0 bridgehead atoms. The summed E-state index contributed by atoms with van der Waals surface area (Å²) in [6, 6.07) is 8.27. The van der Waals surface area contributed by atoms with Gasteiger partial charge >= 0.3 is 0 Å². The summed E-state index contributed by atoms with van der Waals surface area (Å²) in [6.07, 6.45) is 3.43. The first kappa shape index (κ1) is 9.34. The fourth-order valence-electron chi connectivity index (χ4n) is 1.24. The van der Waals surface area contributed by atoms with Gasteiger partial charge in [-0.25, -0.2) is 4.39 Å². The third-order valence-corrected chi connectivity index (χ3v) is 2.56. The van der Waals surface area contributed by atoms with Crippen LogP contribution in [0.3, 0.4) is 0 Å². The maximum Gasteiger partial charge on any atom is 0.123 e. The van der Waals surface area contributed by atoms with Gasteiger partial charge in [-0.2, -0.15) is 0 Å². The Morgan fingerprint density at radius 3 is 2.43 bits per heavy atom. The van der Waals surface area contributed by atoms with Gasteiger partial charge in [-0.3, -0.25) is 4.98 Å². The highest BCUT2D eigenvalue weighted by molar-refractivity contribution is 9.10. The van der Waals surface area contributed by atoms with Crippen LogP contribution in [0.4, 0.5) is 4.39 Å². The average molecular weight is 252 g/mol. The largest absolute Gasteiger partial charge is 0.264 e. The molecule has 0 fully saturated rings. The van der Waals surface area contributed by atoms with Gasteiger partial charge in [-0.15, -0.1) is 0 Å². The molecule has 0 saturated carbocycles. The van der Waals surface area contributed by atoms with Gasteiger partial charge in [0.1, 0.15) is 5.82 Å². The average Bonchev–Trinajstić information content (AvgIpc) is 2.20. The Morgan fingerprint density at radius 1 is 1.07 bits per heavy atom. The highest BCUT2D eigenvalue weighted by atomic mass is 79.9. The van der Waals surface area contributed by atoms with Crippen LogP contribution in [0.1, 0.15) is 0 Å². The number of hydrogen-bond acceptors (Lipinski definition) is 1. The molecule has 2 aromatic rings. The molecule has 2 rings (SSSR count). The molecule has 0 aliphatic rings. The van der Waals surface area contributed by atoms with E-state index in [2.05, 4.69) is 20.9 Å². The molecule has 0 aliphatic heterocycles. The second-order valence-corrected chi connectivity index (χ2v) is 3.72. The number of nitrogens with zero attached hydrogens (tertiary/aromatic N) is 1. The summed E-state index contributed by atoms with van der Waals surface area (Å²) in [7, 11) is 0. The molecule has 14 heavy (non-hydrogen) atoms. The molecule has 0 radical (unpaired) electrons. The van der Waals surface area contributed by atoms with E-state index < -0.39 is 0 Å². The summed E-state index contributed by atoms with van der Waals surface area (Å²) in [5.41, 5.74) is 1.99. The molecule has 1 heterocycles. The smallest absolute Gasteiger partial charge is 0.123 e. The first-order valence-corrected chi connectivity index (χ1v) is 4.92. The Kier molecular flexibility index (Phi) is 2.59. The van der Waals surface area contributed by atoms with Crippen molar-refractivity contribution in [1.29, 1.82) is 0 Å². The van der Waals surface area contributed by atoms with Crippen LogP contribution in [0.2, 0.25) is 0 Å². The van der Waals surface area contributed by atoms with E-state index >= 15 is 0 Å². The van der Waals surface area contributed by atoms with Crippen LogP contribution in [0.25, 0.3) is 11.1 Å². The van der Waals surface area contributed by atoms with Gasteiger partial charge < -0.3 is 0 Å². The van der Waals surface area contributed by atoms with Crippen molar-refractivity contribution in [3.8, 4) is 11.1 Å². The van der Waals surface area contributed by atoms with Gasteiger partial charge in [0.05, 0.1) is 0 Å². The fraction of sp³-hybridized carbons (Fsp3) is 0. The zero-order valence-corrected chi connectivity index (χ0v) is 8.83. The number of aromatic nitrogens is 1. The van der Waals surface area contributed by atoms with Gasteiger partial charge in [-0.1, -0.05) is 12.1 Å². The zero-order chi connectivity index (χ0) is 9.97. The van der Waals surface area contributed by atoms with Gasteiger partial charge in [0.2, 0.25) is 0 Å². The summed E-state index contributed by atoms with van der Waals surface area (Å²) in [6.45, 7) is 0. The lowest BCUT2D eigenvalue weighted by Gasteiger charge is -2.02. The van der Waals surface area contributed by atoms with Crippen molar-refractivity contribution in [3.05, 3.63) is 53.0 Å². The van der Waals surface area contributed by atoms with E-state index in [4.69, 9.17) is 0 Å². The third kappa shape index (κ3) is 1.82.